The number of benzene rings is 4. The van der Waals surface area contributed by atoms with Gasteiger partial charge in [-0.2, -0.15) is 0 Å². The summed E-state index contributed by atoms with van der Waals surface area (Å²) in [5.41, 5.74) is 7.50. The number of carbonyl (C=O) groups is 2. The van der Waals surface area contributed by atoms with Crippen LogP contribution in [0.4, 0.5) is 5.69 Å². The number of nitrogens with zero attached hydrogens (tertiary/aromatic N) is 7. The van der Waals surface area contributed by atoms with Crippen LogP contribution < -0.4 is 44.2 Å². The van der Waals surface area contributed by atoms with Gasteiger partial charge in [0.2, 0.25) is 5.91 Å². The van der Waals surface area contributed by atoms with Gasteiger partial charge in [0.25, 0.3) is 15.9 Å². The lowest BCUT2D eigenvalue weighted by atomic mass is 10.1. The number of fused-ring (bicyclic) bond motifs is 2. The molecule has 0 radical (unpaired) electrons. The summed E-state index contributed by atoms with van der Waals surface area (Å²) in [6.45, 7) is 12.8. The van der Waals surface area contributed by atoms with E-state index in [1.165, 1.54) is 19.1 Å². The van der Waals surface area contributed by atoms with Crippen molar-refractivity contribution in [2.45, 2.75) is 30.0 Å². The SMILES string of the molecule is COc1cc2c(Oc3cccc(NS(=O)(=O)c4sc(C(NC(=O)c5cccc(Oc6ccnc7cc(OCCCN8CCN(C)CC8)c(OC)cc67)c5)C(N)=O)nc4C)c3)ccnc2cc1OCCCN1CCN(C)CC1. The van der Waals surface area contributed by atoms with Crippen molar-refractivity contribution in [1.82, 2.24) is 39.9 Å². The molecule has 9 rings (SSSR count). The second kappa shape index (κ2) is 24.8. The van der Waals surface area contributed by atoms with Crippen molar-refractivity contribution >= 4 is 60.7 Å². The highest BCUT2D eigenvalue weighted by Gasteiger charge is 2.30. The molecule has 4 N–H and O–H groups in total. The highest BCUT2D eigenvalue weighted by molar-refractivity contribution is 7.94. The van der Waals surface area contributed by atoms with Gasteiger partial charge in [-0.25, -0.2) is 13.4 Å². The van der Waals surface area contributed by atoms with E-state index < -0.39 is 27.9 Å². The van der Waals surface area contributed by atoms with E-state index in [1.54, 1.807) is 81.2 Å². The number of primary amides is 1. The van der Waals surface area contributed by atoms with Crippen LogP contribution >= 0.6 is 11.3 Å². The Morgan fingerprint density at radius 3 is 1.71 bits per heavy atom. The largest absolute Gasteiger partial charge is 0.493 e. The van der Waals surface area contributed by atoms with Crippen molar-refractivity contribution in [3.05, 3.63) is 114 Å². The summed E-state index contributed by atoms with van der Waals surface area (Å²) in [6, 6.07) is 22.0. The summed E-state index contributed by atoms with van der Waals surface area (Å²) in [7, 11) is 3.14. The van der Waals surface area contributed by atoms with Gasteiger partial charge < -0.3 is 59.1 Å². The Bertz CT molecular complexity index is 3330. The highest BCUT2D eigenvalue weighted by atomic mass is 32.2. The number of sulfonamides is 1. The van der Waals surface area contributed by atoms with E-state index in [-0.39, 0.29) is 26.2 Å². The number of anilines is 1. The van der Waals surface area contributed by atoms with Gasteiger partial charge in [-0.05, 0) is 88.5 Å². The first-order chi connectivity index (χ1) is 37.2. The molecule has 4 aromatic carbocycles. The van der Waals surface area contributed by atoms with Crippen molar-refractivity contribution < 1.29 is 46.4 Å². The van der Waals surface area contributed by atoms with E-state index in [0.29, 0.717) is 92.4 Å². The fourth-order valence-electron chi connectivity index (χ4n) is 9.09. The first-order valence-corrected chi connectivity index (χ1v) is 27.7. The number of rotatable bonds is 23. The van der Waals surface area contributed by atoms with Crippen molar-refractivity contribution in [2.24, 2.45) is 5.73 Å². The summed E-state index contributed by atoms with van der Waals surface area (Å²) >= 11 is 0.711. The number of nitrogens with two attached hydrogens (primary N) is 1. The maximum absolute atomic E-state index is 14.0. The molecule has 2 aliphatic heterocycles. The molecular weight excluding hydrogens is 1020 g/mol. The first-order valence-electron chi connectivity index (χ1n) is 25.4. The molecule has 0 aliphatic carbocycles. The van der Waals surface area contributed by atoms with Crippen molar-refractivity contribution in [1.29, 1.82) is 0 Å². The number of piperazine rings is 2. The molecule has 20 nitrogen and oxygen atoms in total. The highest BCUT2D eigenvalue weighted by Crippen LogP contribution is 2.40. The third-order valence-corrected chi connectivity index (χ3v) is 16.6. The predicted octanol–water partition coefficient (Wildman–Crippen LogP) is 6.94. The van der Waals surface area contributed by atoms with Gasteiger partial charge in [-0.1, -0.05) is 12.1 Å². The topological polar surface area (TPSA) is 225 Å². The lowest BCUT2D eigenvalue weighted by Crippen LogP contribution is -2.44. The molecule has 3 aromatic heterocycles. The van der Waals surface area contributed by atoms with E-state index in [4.69, 9.17) is 34.2 Å². The van der Waals surface area contributed by atoms with Crippen LogP contribution in [0.15, 0.2) is 102 Å². The molecule has 2 fully saturated rings. The van der Waals surface area contributed by atoms with Crippen LogP contribution in [0.2, 0.25) is 0 Å². The Morgan fingerprint density at radius 1 is 0.675 bits per heavy atom. The van der Waals surface area contributed by atoms with E-state index in [2.05, 4.69) is 58.7 Å². The molecule has 0 bridgehead atoms. The normalized spacial score (nSPS) is 15.2. The third kappa shape index (κ3) is 13.6. The standard InChI is InChI=1S/C55H64N10O10S2/c1-36-55(77(68,69)61-38-11-7-13-40(31-38)75-46-15-17-58-44-35-50(48(71-5)33-42(44)46)73-29-9-19-65-26-22-63(3)23-27-65)76-54(59-36)51(52(56)66)60-53(67)37-10-6-12-39(30-37)74-45-14-16-57-43-34-49(47(70-4)32-41(43)45)72-28-8-18-64-24-20-62(2)21-25-64/h6-7,10-17,30-35,51,61H,8-9,18-29H2,1-5H3,(H2,56,66)(H,60,67). The molecule has 406 valence electrons. The number of thiazole rings is 1. The van der Waals surface area contributed by atoms with Gasteiger partial charge in [-0.3, -0.25) is 24.3 Å². The number of ether oxygens (including phenoxy) is 6. The number of aryl methyl sites for hydroxylation is 1. The lowest BCUT2D eigenvalue weighted by Gasteiger charge is -2.32. The van der Waals surface area contributed by atoms with Crippen LogP contribution in [0.1, 0.15) is 39.9 Å². The maximum atomic E-state index is 14.0. The Balaban J connectivity index is 0.830. The van der Waals surface area contributed by atoms with Gasteiger partial charge in [0, 0.05) is 112 Å². The molecule has 1 atom stereocenters. The molecule has 22 heteroatoms. The van der Waals surface area contributed by atoms with Crippen molar-refractivity contribution in [3.8, 4) is 46.0 Å². The fraction of sp³-hybridized carbons (Fsp3) is 0.364. The fourth-order valence-corrected chi connectivity index (χ4v) is 11.7. The number of carbonyl (C=O) groups excluding carboxylic acids is 2. The third-order valence-electron chi connectivity index (χ3n) is 13.4. The van der Waals surface area contributed by atoms with Crippen LogP contribution in [-0.4, -0.2) is 162 Å². The van der Waals surface area contributed by atoms with Gasteiger partial charge in [0.15, 0.2) is 33.2 Å². The van der Waals surface area contributed by atoms with Crippen molar-refractivity contribution in [2.75, 3.05) is 112 Å². The van der Waals surface area contributed by atoms with E-state index >= 15 is 0 Å². The molecule has 2 amide bonds. The molecular formula is C55H64N10O10S2. The monoisotopic (exact) mass is 1090 g/mol. The predicted molar refractivity (Wildman–Crippen MR) is 295 cm³/mol. The van der Waals surface area contributed by atoms with E-state index in [1.807, 2.05) is 18.2 Å². The average molecular weight is 1090 g/mol. The van der Waals surface area contributed by atoms with Crippen LogP contribution in [-0.2, 0) is 14.8 Å². The number of methoxy groups -OCH3 is 2. The second-order valence-corrected chi connectivity index (χ2v) is 21.9. The Hall–Kier alpha value is -7.34. The molecule has 0 saturated carbocycles. The minimum absolute atomic E-state index is 0.0250. The Kier molecular flexibility index (Phi) is 17.5. The van der Waals surface area contributed by atoms with Crippen LogP contribution in [0.5, 0.6) is 46.0 Å². The number of likely N-dealkylation sites (N-methyl/N-ethyl adjacent to an activating group) is 2. The molecule has 2 saturated heterocycles. The maximum Gasteiger partial charge on any atom is 0.273 e. The van der Waals surface area contributed by atoms with Crippen LogP contribution in [0.25, 0.3) is 21.8 Å². The Morgan fingerprint density at radius 2 is 1.19 bits per heavy atom. The van der Waals surface area contributed by atoms with Crippen LogP contribution in [0.3, 0.4) is 0 Å². The van der Waals surface area contributed by atoms with E-state index in [9.17, 15) is 18.0 Å². The molecule has 5 heterocycles. The zero-order valence-electron chi connectivity index (χ0n) is 43.8. The molecule has 2 aliphatic rings. The number of pyridine rings is 2. The number of aromatic nitrogens is 3. The van der Waals surface area contributed by atoms with Crippen LogP contribution in [0, 0.1) is 6.92 Å². The molecule has 0 spiro atoms. The van der Waals surface area contributed by atoms with Gasteiger partial charge in [0.1, 0.15) is 28.0 Å². The number of amides is 2. The number of hydrogen-bond donors (Lipinski definition) is 3. The minimum atomic E-state index is -4.29. The summed E-state index contributed by atoms with van der Waals surface area (Å²) in [5, 5.41) is 3.92. The second-order valence-electron chi connectivity index (χ2n) is 19.0. The Labute approximate surface area is 452 Å². The number of hydrogen-bond acceptors (Lipinski definition) is 18. The summed E-state index contributed by atoms with van der Waals surface area (Å²) in [6.07, 6.45) is 4.97. The average Bonchev–Trinajstić information content (AvgIpc) is 3.85. The van der Waals surface area contributed by atoms with Crippen molar-refractivity contribution in [3.63, 3.8) is 0 Å². The zero-order valence-corrected chi connectivity index (χ0v) is 45.5. The smallest absolute Gasteiger partial charge is 0.273 e. The lowest BCUT2D eigenvalue weighted by molar-refractivity contribution is -0.120. The minimum Gasteiger partial charge on any atom is -0.493 e. The first kappa shape index (κ1) is 54.4. The molecule has 7 aromatic rings. The van der Waals surface area contributed by atoms with E-state index in [0.717, 1.165) is 78.3 Å². The molecule has 77 heavy (non-hydrogen) atoms. The molecule has 1 unspecified atom stereocenters. The summed E-state index contributed by atoms with van der Waals surface area (Å²) < 4.78 is 66.8. The number of nitrogens with one attached hydrogen (secondary N) is 2. The van der Waals surface area contributed by atoms with Gasteiger partial charge >= 0.3 is 0 Å². The summed E-state index contributed by atoms with van der Waals surface area (Å²) in [5.74, 6) is 2.13. The summed E-state index contributed by atoms with van der Waals surface area (Å²) in [4.78, 5) is 49.8. The van der Waals surface area contributed by atoms with Gasteiger partial charge in [-0.15, -0.1) is 11.3 Å². The zero-order chi connectivity index (χ0) is 54.1. The quantitative estimate of drug-likeness (QED) is 0.0552. The van der Waals surface area contributed by atoms with Gasteiger partial charge in [0.05, 0.1) is 49.8 Å².